The first-order chi connectivity index (χ1) is 13.6. The Morgan fingerprint density at radius 3 is 2.29 bits per heavy atom. The summed E-state index contributed by atoms with van der Waals surface area (Å²) in [5.41, 5.74) is 1.11. The van der Waals surface area contributed by atoms with Crippen molar-refractivity contribution in [1.82, 2.24) is 0 Å². The van der Waals surface area contributed by atoms with Crippen molar-refractivity contribution >= 4 is 39.1 Å². The largest absolute Gasteiger partial charge is 0.449 e. The zero-order valence-corrected chi connectivity index (χ0v) is 15.4. The highest BCUT2D eigenvalue weighted by atomic mass is 16.5. The van der Waals surface area contributed by atoms with Crippen LogP contribution in [0, 0.1) is 0 Å². The fraction of sp³-hybridized carbons (Fsp3) is 0.0833. The molecular weight excluding hydrogens is 350 g/mol. The molecule has 0 aromatic heterocycles. The number of anilines is 1. The Morgan fingerprint density at radius 1 is 0.786 bits per heavy atom. The van der Waals surface area contributed by atoms with E-state index in [0.29, 0.717) is 11.3 Å². The maximum Gasteiger partial charge on any atom is 0.338 e. The van der Waals surface area contributed by atoms with Crippen LogP contribution in [0.25, 0.3) is 21.5 Å². The van der Waals surface area contributed by atoms with Gasteiger partial charge in [0, 0.05) is 11.1 Å². The molecule has 0 saturated carbocycles. The Morgan fingerprint density at radius 2 is 1.46 bits per heavy atom. The minimum Gasteiger partial charge on any atom is -0.449 e. The van der Waals surface area contributed by atoms with E-state index in [1.165, 1.54) is 0 Å². The molecule has 28 heavy (non-hydrogen) atoms. The number of esters is 1. The smallest absolute Gasteiger partial charge is 0.338 e. The highest BCUT2D eigenvalue weighted by Gasteiger charge is 2.20. The van der Waals surface area contributed by atoms with Gasteiger partial charge in [-0.3, -0.25) is 4.79 Å². The van der Waals surface area contributed by atoms with Crippen LogP contribution in [0.1, 0.15) is 17.3 Å². The summed E-state index contributed by atoms with van der Waals surface area (Å²) in [6.07, 6.45) is -0.919. The summed E-state index contributed by atoms with van der Waals surface area (Å²) in [6.45, 7) is 1.57. The maximum atomic E-state index is 12.5. The Hall–Kier alpha value is -3.66. The molecule has 0 aliphatic rings. The van der Waals surface area contributed by atoms with Crippen LogP contribution in [0.15, 0.2) is 84.9 Å². The highest BCUT2D eigenvalue weighted by molar-refractivity contribution is 6.04. The van der Waals surface area contributed by atoms with Crippen molar-refractivity contribution in [2.24, 2.45) is 0 Å². The lowest BCUT2D eigenvalue weighted by molar-refractivity contribution is -0.123. The number of benzene rings is 4. The first-order valence-corrected chi connectivity index (χ1v) is 9.10. The molecule has 4 aromatic rings. The molecule has 4 aromatic carbocycles. The zero-order valence-electron chi connectivity index (χ0n) is 15.4. The third-order valence-electron chi connectivity index (χ3n) is 4.69. The lowest BCUT2D eigenvalue weighted by Gasteiger charge is -2.15. The molecule has 0 fully saturated rings. The van der Waals surface area contributed by atoms with E-state index in [9.17, 15) is 9.59 Å². The number of rotatable bonds is 4. The monoisotopic (exact) mass is 369 g/mol. The lowest BCUT2D eigenvalue weighted by atomic mass is 10.1. The molecule has 0 radical (unpaired) electrons. The van der Waals surface area contributed by atoms with Gasteiger partial charge in [0.1, 0.15) is 0 Å². The molecule has 138 valence electrons. The molecular formula is C24H19NO3. The van der Waals surface area contributed by atoms with Crippen LogP contribution in [0.4, 0.5) is 5.69 Å². The summed E-state index contributed by atoms with van der Waals surface area (Å²) in [5.74, 6) is -0.892. The Labute approximate surface area is 162 Å². The topological polar surface area (TPSA) is 55.4 Å². The summed E-state index contributed by atoms with van der Waals surface area (Å²) in [4.78, 5) is 25.0. The fourth-order valence-electron chi connectivity index (χ4n) is 3.17. The van der Waals surface area contributed by atoms with E-state index in [4.69, 9.17) is 4.74 Å². The maximum absolute atomic E-state index is 12.5. The molecule has 0 saturated heterocycles. The second-order valence-corrected chi connectivity index (χ2v) is 6.63. The summed E-state index contributed by atoms with van der Waals surface area (Å²) in [7, 11) is 0. The first kappa shape index (κ1) is 17.7. The zero-order chi connectivity index (χ0) is 19.5. The van der Waals surface area contributed by atoms with Crippen LogP contribution in [-0.4, -0.2) is 18.0 Å². The first-order valence-electron chi connectivity index (χ1n) is 9.10. The number of ether oxygens (including phenoxy) is 1. The number of amides is 1. The quantitative estimate of drug-likeness (QED) is 0.505. The van der Waals surface area contributed by atoms with Crippen molar-refractivity contribution in [2.75, 3.05) is 5.32 Å². The van der Waals surface area contributed by atoms with Gasteiger partial charge in [-0.2, -0.15) is 0 Å². The summed E-state index contributed by atoms with van der Waals surface area (Å²) < 4.78 is 5.38. The minimum atomic E-state index is -0.919. The van der Waals surface area contributed by atoms with Crippen LogP contribution < -0.4 is 5.32 Å². The SMILES string of the molecule is C[C@H](OC(=O)c1ccc2ccccc2c1)C(=O)Nc1cccc2ccccc12. The van der Waals surface area contributed by atoms with Gasteiger partial charge >= 0.3 is 5.97 Å². The predicted molar refractivity (Wildman–Crippen MR) is 111 cm³/mol. The van der Waals surface area contributed by atoms with E-state index < -0.39 is 12.1 Å². The number of hydrogen-bond donors (Lipinski definition) is 1. The van der Waals surface area contributed by atoms with E-state index in [2.05, 4.69) is 5.32 Å². The minimum absolute atomic E-state index is 0.370. The Kier molecular flexibility index (Phi) is 4.77. The standard InChI is InChI=1S/C24H19NO3/c1-16(23(26)25-22-12-6-10-18-8-4-5-11-21(18)22)28-24(27)20-14-13-17-7-2-3-9-19(17)15-20/h2-16H,1H3,(H,25,26)/t16-/m0/s1. The van der Waals surface area contributed by atoms with Crippen molar-refractivity contribution < 1.29 is 14.3 Å². The number of nitrogens with one attached hydrogen (secondary N) is 1. The normalized spacial score (nSPS) is 11.9. The average Bonchev–Trinajstić information content (AvgIpc) is 2.73. The van der Waals surface area contributed by atoms with Gasteiger partial charge < -0.3 is 10.1 Å². The van der Waals surface area contributed by atoms with E-state index in [0.717, 1.165) is 21.5 Å². The van der Waals surface area contributed by atoms with Crippen LogP contribution >= 0.6 is 0 Å². The third-order valence-corrected chi connectivity index (χ3v) is 4.69. The van der Waals surface area contributed by atoms with Crippen molar-refractivity contribution in [3.63, 3.8) is 0 Å². The summed E-state index contributed by atoms with van der Waals surface area (Å²) in [6, 6.07) is 26.6. The molecule has 0 heterocycles. The molecule has 1 atom stereocenters. The van der Waals surface area contributed by atoms with Crippen LogP contribution in [-0.2, 0) is 9.53 Å². The molecule has 4 heteroatoms. The van der Waals surface area contributed by atoms with Gasteiger partial charge in [0.05, 0.1) is 5.56 Å². The fourth-order valence-corrected chi connectivity index (χ4v) is 3.17. The van der Waals surface area contributed by atoms with Crippen LogP contribution in [0.5, 0.6) is 0 Å². The van der Waals surface area contributed by atoms with Crippen molar-refractivity contribution in [3.05, 3.63) is 90.5 Å². The van der Waals surface area contributed by atoms with Gasteiger partial charge in [0.15, 0.2) is 6.10 Å². The molecule has 0 aliphatic carbocycles. The molecule has 1 N–H and O–H groups in total. The summed E-state index contributed by atoms with van der Waals surface area (Å²) in [5, 5.41) is 6.81. The molecule has 0 spiro atoms. The van der Waals surface area contributed by atoms with E-state index in [-0.39, 0.29) is 5.91 Å². The summed E-state index contributed by atoms with van der Waals surface area (Å²) >= 11 is 0. The third kappa shape index (κ3) is 3.58. The number of carbonyl (C=O) groups excluding carboxylic acids is 2. The second kappa shape index (κ2) is 7.53. The van der Waals surface area contributed by atoms with Crippen LogP contribution in [0.2, 0.25) is 0 Å². The van der Waals surface area contributed by atoms with Crippen LogP contribution in [0.3, 0.4) is 0 Å². The van der Waals surface area contributed by atoms with Crippen molar-refractivity contribution in [1.29, 1.82) is 0 Å². The van der Waals surface area contributed by atoms with Gasteiger partial charge in [0.2, 0.25) is 0 Å². The van der Waals surface area contributed by atoms with Gasteiger partial charge in [-0.25, -0.2) is 4.79 Å². The lowest BCUT2D eigenvalue weighted by Crippen LogP contribution is -2.30. The highest BCUT2D eigenvalue weighted by Crippen LogP contribution is 2.23. The number of carbonyl (C=O) groups is 2. The number of hydrogen-bond acceptors (Lipinski definition) is 3. The predicted octanol–water partition coefficient (Wildman–Crippen LogP) is 5.18. The van der Waals surface area contributed by atoms with Gasteiger partial charge in [-0.1, -0.05) is 66.7 Å². The molecule has 0 bridgehead atoms. The molecule has 4 rings (SSSR count). The molecule has 0 aliphatic heterocycles. The Balaban J connectivity index is 1.48. The number of fused-ring (bicyclic) bond motifs is 2. The van der Waals surface area contributed by atoms with Crippen molar-refractivity contribution in [2.45, 2.75) is 13.0 Å². The van der Waals surface area contributed by atoms with E-state index in [1.54, 1.807) is 19.1 Å². The Bertz CT molecular complexity index is 1180. The molecule has 0 unspecified atom stereocenters. The van der Waals surface area contributed by atoms with E-state index >= 15 is 0 Å². The van der Waals surface area contributed by atoms with E-state index in [1.807, 2.05) is 72.8 Å². The van der Waals surface area contributed by atoms with Gasteiger partial charge in [0.25, 0.3) is 5.91 Å². The van der Waals surface area contributed by atoms with Gasteiger partial charge in [-0.05, 0) is 41.3 Å². The molecule has 4 nitrogen and oxygen atoms in total. The van der Waals surface area contributed by atoms with Crippen molar-refractivity contribution in [3.8, 4) is 0 Å². The second-order valence-electron chi connectivity index (χ2n) is 6.63. The molecule has 1 amide bonds. The average molecular weight is 369 g/mol. The van der Waals surface area contributed by atoms with Gasteiger partial charge in [-0.15, -0.1) is 0 Å².